The Bertz CT molecular complexity index is 708. The number of pyridine rings is 1. The van der Waals surface area contributed by atoms with E-state index in [-0.39, 0.29) is 0 Å². The van der Waals surface area contributed by atoms with Gasteiger partial charge in [0, 0.05) is 34.6 Å². The monoisotopic (exact) mass is 293 g/mol. The van der Waals surface area contributed by atoms with Crippen LogP contribution in [0.3, 0.4) is 0 Å². The van der Waals surface area contributed by atoms with Crippen molar-refractivity contribution in [3.05, 3.63) is 47.2 Å². The van der Waals surface area contributed by atoms with E-state index in [2.05, 4.69) is 49.1 Å². The van der Waals surface area contributed by atoms with Crippen LogP contribution in [0.25, 0.3) is 0 Å². The number of nitrogen functional groups attached to an aromatic ring is 1. The van der Waals surface area contributed by atoms with Crippen LogP contribution in [0.15, 0.2) is 30.3 Å². The standard InChI is InChI=1S/C19H23N3/c1-12-13(2)22(14-8-4-3-5-9-14)19-17(12)18(20)15-10-6-7-11-16(15)21-19/h3-5,8-9,12-13H,6-7,10-11H2,1-2H3,(H2,20,21). The molecule has 4 rings (SSSR count). The van der Waals surface area contributed by atoms with Crippen molar-refractivity contribution in [3.63, 3.8) is 0 Å². The van der Waals surface area contributed by atoms with Crippen molar-refractivity contribution >= 4 is 17.2 Å². The van der Waals surface area contributed by atoms with Crippen LogP contribution in [0.4, 0.5) is 17.2 Å². The second-order valence-corrected chi connectivity index (χ2v) is 6.63. The Morgan fingerprint density at radius 3 is 2.59 bits per heavy atom. The van der Waals surface area contributed by atoms with Gasteiger partial charge in [-0.2, -0.15) is 0 Å². The average Bonchev–Trinajstić information content (AvgIpc) is 2.80. The van der Waals surface area contributed by atoms with E-state index in [1.807, 2.05) is 0 Å². The molecule has 2 aromatic rings. The summed E-state index contributed by atoms with van der Waals surface area (Å²) in [7, 11) is 0. The summed E-state index contributed by atoms with van der Waals surface area (Å²) >= 11 is 0. The summed E-state index contributed by atoms with van der Waals surface area (Å²) < 4.78 is 0. The zero-order valence-electron chi connectivity index (χ0n) is 13.3. The molecule has 1 aromatic heterocycles. The van der Waals surface area contributed by atoms with Crippen molar-refractivity contribution in [3.8, 4) is 0 Å². The maximum absolute atomic E-state index is 6.58. The van der Waals surface area contributed by atoms with Crippen LogP contribution in [0, 0.1) is 0 Å². The van der Waals surface area contributed by atoms with E-state index in [4.69, 9.17) is 10.7 Å². The van der Waals surface area contributed by atoms with E-state index in [0.717, 1.165) is 24.3 Å². The molecule has 0 amide bonds. The highest BCUT2D eigenvalue weighted by molar-refractivity contribution is 5.77. The van der Waals surface area contributed by atoms with Crippen LogP contribution < -0.4 is 10.6 Å². The van der Waals surface area contributed by atoms with Crippen molar-refractivity contribution in [1.29, 1.82) is 0 Å². The molecule has 2 unspecified atom stereocenters. The Labute approximate surface area is 132 Å². The van der Waals surface area contributed by atoms with Gasteiger partial charge in [-0.3, -0.25) is 0 Å². The van der Waals surface area contributed by atoms with E-state index in [0.29, 0.717) is 12.0 Å². The zero-order valence-corrected chi connectivity index (χ0v) is 13.3. The van der Waals surface area contributed by atoms with Crippen LogP contribution in [0.2, 0.25) is 0 Å². The summed E-state index contributed by atoms with van der Waals surface area (Å²) in [4.78, 5) is 7.43. The minimum atomic E-state index is 0.385. The highest BCUT2D eigenvalue weighted by Crippen LogP contribution is 2.48. The first kappa shape index (κ1) is 13.6. The molecule has 3 heteroatoms. The summed E-state index contributed by atoms with van der Waals surface area (Å²) in [5, 5.41) is 0. The first-order valence-electron chi connectivity index (χ1n) is 8.34. The predicted molar refractivity (Wildman–Crippen MR) is 91.7 cm³/mol. The number of aryl methyl sites for hydroxylation is 1. The first-order valence-corrected chi connectivity index (χ1v) is 8.34. The molecule has 2 heterocycles. The Kier molecular flexibility index (Phi) is 3.10. The van der Waals surface area contributed by atoms with Gasteiger partial charge in [-0.05, 0) is 50.3 Å². The van der Waals surface area contributed by atoms with E-state index >= 15 is 0 Å². The molecular formula is C19H23N3. The number of rotatable bonds is 1. The van der Waals surface area contributed by atoms with E-state index < -0.39 is 0 Å². The average molecular weight is 293 g/mol. The molecule has 2 aliphatic rings. The molecule has 0 saturated carbocycles. The smallest absolute Gasteiger partial charge is 0.139 e. The molecule has 3 nitrogen and oxygen atoms in total. The molecule has 0 spiro atoms. The fourth-order valence-electron chi connectivity index (χ4n) is 4.01. The predicted octanol–water partition coefficient (Wildman–Crippen LogP) is 4.19. The summed E-state index contributed by atoms with van der Waals surface area (Å²) in [6.45, 7) is 4.55. The Hall–Kier alpha value is -2.03. The van der Waals surface area contributed by atoms with E-state index in [1.165, 1.54) is 35.3 Å². The lowest BCUT2D eigenvalue weighted by Crippen LogP contribution is -2.26. The third-order valence-electron chi connectivity index (χ3n) is 5.38. The Morgan fingerprint density at radius 2 is 1.82 bits per heavy atom. The number of anilines is 3. The molecule has 1 aliphatic carbocycles. The lowest BCUT2D eigenvalue weighted by atomic mass is 9.89. The highest BCUT2D eigenvalue weighted by atomic mass is 15.2. The van der Waals surface area contributed by atoms with Gasteiger partial charge in [-0.15, -0.1) is 0 Å². The fraction of sp³-hybridized carbons (Fsp3) is 0.421. The van der Waals surface area contributed by atoms with Gasteiger partial charge < -0.3 is 10.6 Å². The van der Waals surface area contributed by atoms with Gasteiger partial charge >= 0.3 is 0 Å². The van der Waals surface area contributed by atoms with Gasteiger partial charge in [0.05, 0.1) is 0 Å². The van der Waals surface area contributed by atoms with Gasteiger partial charge in [0.25, 0.3) is 0 Å². The number of fused-ring (bicyclic) bond motifs is 2. The normalized spacial score (nSPS) is 23.3. The fourth-order valence-corrected chi connectivity index (χ4v) is 4.01. The molecule has 114 valence electrons. The second-order valence-electron chi connectivity index (χ2n) is 6.63. The molecular weight excluding hydrogens is 270 g/mol. The van der Waals surface area contributed by atoms with Gasteiger partial charge in [-0.25, -0.2) is 4.98 Å². The lowest BCUT2D eigenvalue weighted by molar-refractivity contribution is 0.642. The van der Waals surface area contributed by atoms with E-state index in [9.17, 15) is 0 Å². The highest BCUT2D eigenvalue weighted by Gasteiger charge is 2.38. The molecule has 1 aromatic carbocycles. The quantitative estimate of drug-likeness (QED) is 0.857. The number of aromatic nitrogens is 1. The largest absolute Gasteiger partial charge is 0.398 e. The number of nitrogens with zero attached hydrogens (tertiary/aromatic N) is 2. The number of benzene rings is 1. The molecule has 0 radical (unpaired) electrons. The van der Waals surface area contributed by atoms with E-state index in [1.54, 1.807) is 0 Å². The lowest BCUT2D eigenvalue weighted by Gasteiger charge is -2.26. The number of hydrogen-bond donors (Lipinski definition) is 1. The molecule has 2 N–H and O–H groups in total. The number of hydrogen-bond acceptors (Lipinski definition) is 3. The van der Waals surface area contributed by atoms with Gasteiger partial charge in [0.15, 0.2) is 0 Å². The molecule has 22 heavy (non-hydrogen) atoms. The van der Waals surface area contributed by atoms with Crippen LogP contribution >= 0.6 is 0 Å². The topological polar surface area (TPSA) is 42.1 Å². The Morgan fingerprint density at radius 1 is 1.09 bits per heavy atom. The summed E-state index contributed by atoms with van der Waals surface area (Å²) in [6.07, 6.45) is 4.63. The third-order valence-corrected chi connectivity index (χ3v) is 5.38. The van der Waals surface area contributed by atoms with Crippen molar-refractivity contribution in [1.82, 2.24) is 4.98 Å². The summed E-state index contributed by atoms with van der Waals surface area (Å²) in [5.41, 5.74) is 12.6. The number of para-hydroxylation sites is 1. The molecule has 0 bridgehead atoms. The maximum atomic E-state index is 6.58. The van der Waals surface area contributed by atoms with Crippen LogP contribution in [0.1, 0.15) is 49.4 Å². The maximum Gasteiger partial charge on any atom is 0.139 e. The van der Waals surface area contributed by atoms with Crippen LogP contribution in [0.5, 0.6) is 0 Å². The van der Waals surface area contributed by atoms with Crippen molar-refractivity contribution in [2.24, 2.45) is 0 Å². The van der Waals surface area contributed by atoms with Crippen molar-refractivity contribution in [2.75, 3.05) is 10.6 Å². The minimum Gasteiger partial charge on any atom is -0.398 e. The summed E-state index contributed by atoms with van der Waals surface area (Å²) in [6, 6.07) is 10.9. The third kappa shape index (κ3) is 1.84. The van der Waals surface area contributed by atoms with Crippen molar-refractivity contribution < 1.29 is 0 Å². The first-order chi connectivity index (χ1) is 10.7. The molecule has 0 saturated heterocycles. The molecule has 2 atom stereocenters. The van der Waals surface area contributed by atoms with Crippen molar-refractivity contribution in [2.45, 2.75) is 51.5 Å². The van der Waals surface area contributed by atoms with Gasteiger partial charge in [0.1, 0.15) is 5.82 Å². The molecule has 1 aliphatic heterocycles. The molecule has 0 fully saturated rings. The second kappa shape index (κ2) is 5.01. The zero-order chi connectivity index (χ0) is 15.3. The summed E-state index contributed by atoms with van der Waals surface area (Å²) in [5.74, 6) is 1.50. The minimum absolute atomic E-state index is 0.385. The van der Waals surface area contributed by atoms with Crippen LogP contribution in [-0.2, 0) is 12.8 Å². The Balaban J connectivity index is 1.92. The number of nitrogens with two attached hydrogens (primary N) is 1. The van der Waals surface area contributed by atoms with Gasteiger partial charge in [-0.1, -0.05) is 25.1 Å². The van der Waals surface area contributed by atoms with Crippen LogP contribution in [-0.4, -0.2) is 11.0 Å². The SMILES string of the molecule is CC1c2c(nc3c(c2N)CCCC3)N(c2ccccc2)C1C. The van der Waals surface area contributed by atoms with Gasteiger partial charge in [0.2, 0.25) is 0 Å².